The quantitative estimate of drug-likeness (QED) is 0.348. The first-order valence-corrected chi connectivity index (χ1v) is 12.1. The minimum atomic E-state index is -0.349. The smallest absolute Gasteiger partial charge is 0.290 e. The molecule has 2 aromatic carbocycles. The molecule has 7 nitrogen and oxygen atoms in total. The maximum absolute atomic E-state index is 13.2. The third-order valence-corrected chi connectivity index (χ3v) is 7.08. The molecule has 33 heavy (non-hydrogen) atoms. The van der Waals surface area contributed by atoms with Gasteiger partial charge in [-0.1, -0.05) is 36.0 Å². The van der Waals surface area contributed by atoms with Crippen molar-refractivity contribution in [2.75, 3.05) is 26.0 Å². The summed E-state index contributed by atoms with van der Waals surface area (Å²) in [6.45, 7) is 1.83. The molecule has 0 spiro atoms. The van der Waals surface area contributed by atoms with E-state index in [2.05, 4.69) is 10.3 Å². The largest absolute Gasteiger partial charge is 0.497 e. The van der Waals surface area contributed by atoms with Crippen molar-refractivity contribution >= 4 is 51.6 Å². The number of para-hydroxylation sites is 1. The van der Waals surface area contributed by atoms with Gasteiger partial charge in [0, 0.05) is 46.6 Å². The predicted octanol–water partition coefficient (Wildman–Crippen LogP) is 5.21. The second-order valence-corrected chi connectivity index (χ2v) is 9.47. The number of benzene rings is 2. The highest BCUT2D eigenvalue weighted by atomic mass is 32.2. The normalized spacial score (nSPS) is 10.9. The number of furan rings is 1. The molecule has 2 heterocycles. The highest BCUT2D eigenvalue weighted by Gasteiger charge is 2.25. The van der Waals surface area contributed by atoms with E-state index in [-0.39, 0.29) is 24.1 Å². The van der Waals surface area contributed by atoms with Crippen molar-refractivity contribution in [1.82, 2.24) is 9.88 Å². The Balaban J connectivity index is 1.50. The molecule has 4 aromatic rings. The van der Waals surface area contributed by atoms with E-state index in [9.17, 15) is 9.59 Å². The van der Waals surface area contributed by atoms with Crippen LogP contribution < -0.4 is 10.1 Å². The van der Waals surface area contributed by atoms with E-state index in [4.69, 9.17) is 9.15 Å². The van der Waals surface area contributed by atoms with Crippen LogP contribution in [0.1, 0.15) is 21.8 Å². The van der Waals surface area contributed by atoms with Crippen molar-refractivity contribution in [3.05, 3.63) is 70.9 Å². The van der Waals surface area contributed by atoms with Crippen molar-refractivity contribution in [3.8, 4) is 5.75 Å². The van der Waals surface area contributed by atoms with Gasteiger partial charge >= 0.3 is 0 Å². The number of likely N-dealkylation sites (N-methyl/N-ethyl adjacent to an activating group) is 1. The first-order chi connectivity index (χ1) is 15.9. The van der Waals surface area contributed by atoms with Crippen LogP contribution in [-0.4, -0.2) is 42.4 Å². The summed E-state index contributed by atoms with van der Waals surface area (Å²) in [5.74, 6) is 0.752. The van der Waals surface area contributed by atoms with Crippen molar-refractivity contribution in [3.63, 3.8) is 0 Å². The molecular formula is C24H23N3O4S2. The number of anilines is 1. The van der Waals surface area contributed by atoms with Crippen LogP contribution in [0.2, 0.25) is 0 Å². The predicted molar refractivity (Wildman–Crippen MR) is 131 cm³/mol. The summed E-state index contributed by atoms with van der Waals surface area (Å²) in [7, 11) is 3.15. The highest BCUT2D eigenvalue weighted by molar-refractivity contribution is 8.00. The molecule has 9 heteroatoms. The molecule has 0 saturated carbocycles. The molecule has 2 amide bonds. The summed E-state index contributed by atoms with van der Waals surface area (Å²) in [4.78, 5) is 31.6. The first-order valence-electron chi connectivity index (χ1n) is 10.2. The molecule has 0 atom stereocenters. The number of nitrogens with zero attached hydrogens (tertiary/aromatic N) is 2. The summed E-state index contributed by atoms with van der Waals surface area (Å²) < 4.78 is 12.0. The van der Waals surface area contributed by atoms with Gasteiger partial charge < -0.3 is 19.4 Å². The third kappa shape index (κ3) is 5.37. The molecule has 0 aliphatic rings. The number of aryl methyl sites for hydroxylation is 1. The number of aromatic nitrogens is 1. The van der Waals surface area contributed by atoms with Crippen molar-refractivity contribution in [2.24, 2.45) is 0 Å². The van der Waals surface area contributed by atoms with Gasteiger partial charge in [0.15, 0.2) is 5.76 Å². The number of hydrogen-bond acceptors (Lipinski definition) is 7. The van der Waals surface area contributed by atoms with E-state index >= 15 is 0 Å². The van der Waals surface area contributed by atoms with Crippen LogP contribution in [0.4, 0.5) is 5.69 Å². The molecule has 170 valence electrons. The fourth-order valence-corrected chi connectivity index (χ4v) is 5.19. The Kier molecular flexibility index (Phi) is 7.00. The molecule has 0 aliphatic heterocycles. The van der Waals surface area contributed by atoms with Crippen LogP contribution in [-0.2, 0) is 10.5 Å². The third-order valence-electron chi connectivity index (χ3n) is 4.91. The zero-order valence-corrected chi connectivity index (χ0v) is 20.1. The van der Waals surface area contributed by atoms with Gasteiger partial charge in [-0.05, 0) is 25.1 Å². The number of thioether (sulfide) groups is 1. The van der Waals surface area contributed by atoms with E-state index in [1.807, 2.05) is 36.6 Å². The lowest BCUT2D eigenvalue weighted by Crippen LogP contribution is -2.35. The van der Waals surface area contributed by atoms with Gasteiger partial charge in [-0.3, -0.25) is 9.59 Å². The van der Waals surface area contributed by atoms with Gasteiger partial charge in [-0.15, -0.1) is 11.3 Å². The fraction of sp³-hybridized carbons (Fsp3) is 0.208. The van der Waals surface area contributed by atoms with Gasteiger partial charge in [0.25, 0.3) is 5.91 Å². The van der Waals surface area contributed by atoms with Gasteiger partial charge in [0.1, 0.15) is 15.7 Å². The van der Waals surface area contributed by atoms with Gasteiger partial charge in [0.05, 0.1) is 13.7 Å². The monoisotopic (exact) mass is 481 g/mol. The van der Waals surface area contributed by atoms with Gasteiger partial charge in [-0.25, -0.2) is 4.98 Å². The van der Waals surface area contributed by atoms with Crippen molar-refractivity contribution in [1.29, 1.82) is 0 Å². The molecule has 0 aliphatic carbocycles. The lowest BCUT2D eigenvalue weighted by molar-refractivity contribution is -0.116. The molecule has 0 fully saturated rings. The van der Waals surface area contributed by atoms with E-state index in [1.165, 1.54) is 4.90 Å². The van der Waals surface area contributed by atoms with Gasteiger partial charge in [-0.2, -0.15) is 0 Å². The molecule has 0 saturated heterocycles. The number of carbonyl (C=O) groups excluding carboxylic acids is 2. The Hall–Kier alpha value is -3.30. The molecule has 0 unspecified atom stereocenters. The topological polar surface area (TPSA) is 84.7 Å². The summed E-state index contributed by atoms with van der Waals surface area (Å²) >= 11 is 3.14. The van der Waals surface area contributed by atoms with Crippen LogP contribution in [0, 0.1) is 6.92 Å². The lowest BCUT2D eigenvalue weighted by Gasteiger charge is -2.16. The number of hydrogen-bond donors (Lipinski definition) is 1. The van der Waals surface area contributed by atoms with E-state index < -0.39 is 0 Å². The molecule has 2 aromatic heterocycles. The zero-order valence-electron chi connectivity index (χ0n) is 18.5. The Labute approximate surface area is 199 Å². The Morgan fingerprint density at radius 2 is 2.03 bits per heavy atom. The van der Waals surface area contributed by atoms with Crippen molar-refractivity contribution in [2.45, 2.75) is 17.0 Å². The van der Waals surface area contributed by atoms with Crippen LogP contribution >= 0.6 is 23.1 Å². The molecule has 1 N–H and O–H groups in total. The Bertz CT molecular complexity index is 1300. The minimum Gasteiger partial charge on any atom is -0.497 e. The zero-order chi connectivity index (χ0) is 23.4. The van der Waals surface area contributed by atoms with E-state index in [0.717, 1.165) is 21.0 Å². The standard InChI is InChI=1S/C24H23N3O4S2/c1-15-13-32-24(25-15)33-14-19-18-9-4-5-10-20(18)31-22(19)23(29)27(2)12-21(28)26-16-7-6-8-17(11-16)30-3/h4-11,13H,12,14H2,1-3H3,(H,26,28). The Morgan fingerprint density at radius 1 is 1.21 bits per heavy atom. The summed E-state index contributed by atoms with van der Waals surface area (Å²) in [5, 5.41) is 5.67. The number of fused-ring (bicyclic) bond motifs is 1. The second kappa shape index (κ2) is 10.1. The number of amides is 2. The number of ether oxygens (including phenoxy) is 1. The minimum absolute atomic E-state index is 0.120. The second-order valence-electron chi connectivity index (χ2n) is 7.39. The highest BCUT2D eigenvalue weighted by Crippen LogP contribution is 2.33. The van der Waals surface area contributed by atoms with E-state index in [1.54, 1.807) is 61.5 Å². The molecule has 0 bridgehead atoms. The van der Waals surface area contributed by atoms with Crippen LogP contribution in [0.3, 0.4) is 0 Å². The summed E-state index contributed by atoms with van der Waals surface area (Å²) in [6.07, 6.45) is 0. The average Bonchev–Trinajstić information content (AvgIpc) is 3.40. The maximum Gasteiger partial charge on any atom is 0.290 e. The molecular weight excluding hydrogens is 458 g/mol. The molecule has 4 rings (SSSR count). The molecule has 0 radical (unpaired) electrons. The summed E-state index contributed by atoms with van der Waals surface area (Å²) in [5.41, 5.74) is 3.01. The van der Waals surface area contributed by atoms with E-state index in [0.29, 0.717) is 22.8 Å². The van der Waals surface area contributed by atoms with Crippen LogP contribution in [0.25, 0.3) is 11.0 Å². The van der Waals surface area contributed by atoms with Crippen LogP contribution in [0.5, 0.6) is 5.75 Å². The Morgan fingerprint density at radius 3 is 2.79 bits per heavy atom. The van der Waals surface area contributed by atoms with Crippen molar-refractivity contribution < 1.29 is 18.7 Å². The number of rotatable bonds is 8. The number of thiazole rings is 1. The number of nitrogens with one attached hydrogen (secondary N) is 1. The SMILES string of the molecule is COc1cccc(NC(=O)CN(C)C(=O)c2oc3ccccc3c2CSc2nc(C)cs2)c1. The lowest BCUT2D eigenvalue weighted by atomic mass is 10.1. The first kappa shape index (κ1) is 22.9. The number of methoxy groups -OCH3 is 1. The van der Waals surface area contributed by atoms with Gasteiger partial charge in [0.2, 0.25) is 5.91 Å². The average molecular weight is 482 g/mol. The fourth-order valence-electron chi connectivity index (χ4n) is 3.31. The van der Waals surface area contributed by atoms with Crippen LogP contribution in [0.15, 0.2) is 62.7 Å². The maximum atomic E-state index is 13.2. The number of carbonyl (C=O) groups is 2. The summed E-state index contributed by atoms with van der Waals surface area (Å²) in [6, 6.07) is 14.6.